The molecule has 0 spiro atoms. The molecule has 0 saturated heterocycles. The number of hydrogen-bond donors (Lipinski definition) is 3. The third kappa shape index (κ3) is 6.19. The Morgan fingerprint density at radius 3 is 2.38 bits per heavy atom. The molecule has 1 rings (SSSR count). The highest BCUT2D eigenvalue weighted by atomic mass is 32.1. The highest BCUT2D eigenvalue weighted by molar-refractivity contribution is 7.80. The van der Waals surface area contributed by atoms with Gasteiger partial charge in [-0.05, 0) is 36.3 Å². The molecule has 21 heavy (non-hydrogen) atoms. The van der Waals surface area contributed by atoms with Gasteiger partial charge in [-0.2, -0.15) is 0 Å². The second-order valence-electron chi connectivity index (χ2n) is 4.12. The number of ether oxygens (including phenoxy) is 2. The normalized spacial score (nSPS) is 9.67. The molecule has 1 aromatic rings. The van der Waals surface area contributed by atoms with Gasteiger partial charge in [0.1, 0.15) is 0 Å². The molecule has 0 atom stereocenters. The Hall–Kier alpha value is -2.19. The summed E-state index contributed by atoms with van der Waals surface area (Å²) in [5, 5.41) is 3.23. The van der Waals surface area contributed by atoms with Crippen molar-refractivity contribution < 1.29 is 19.1 Å². The molecule has 0 heterocycles. The second-order valence-corrected chi connectivity index (χ2v) is 4.53. The lowest BCUT2D eigenvalue weighted by Crippen LogP contribution is -2.40. The van der Waals surface area contributed by atoms with Crippen LogP contribution < -0.4 is 26.1 Å². The Kier molecular flexibility index (Phi) is 6.57. The number of carbonyl (C=O) groups is 2. The average Bonchev–Trinajstić information content (AvgIpc) is 2.40. The van der Waals surface area contributed by atoms with Gasteiger partial charge >= 0.3 is 11.9 Å². The van der Waals surface area contributed by atoms with Crippen LogP contribution in [0, 0.1) is 0 Å². The molecule has 4 N–H and O–H groups in total. The molecule has 114 valence electrons. The predicted octanol–water partition coefficient (Wildman–Crippen LogP) is 0.417. The van der Waals surface area contributed by atoms with Gasteiger partial charge in [0.2, 0.25) is 0 Å². The number of benzene rings is 1. The van der Waals surface area contributed by atoms with Crippen LogP contribution in [-0.4, -0.2) is 23.6 Å². The summed E-state index contributed by atoms with van der Waals surface area (Å²) < 4.78 is 10.0. The fourth-order valence-electron chi connectivity index (χ4n) is 1.55. The number of carbonyl (C=O) groups excluding carboxylic acids is 2. The maximum Gasteiger partial charge on any atom is 0.308 e. The second kappa shape index (κ2) is 8.18. The lowest BCUT2D eigenvalue weighted by molar-refractivity contribution is -0.134. The van der Waals surface area contributed by atoms with Crippen molar-refractivity contribution >= 4 is 29.3 Å². The molecular formula is C13H17N3O4S. The van der Waals surface area contributed by atoms with Crippen molar-refractivity contribution in [3.63, 3.8) is 0 Å². The van der Waals surface area contributed by atoms with E-state index < -0.39 is 11.9 Å². The molecule has 0 fully saturated rings. The van der Waals surface area contributed by atoms with E-state index in [1.54, 1.807) is 18.2 Å². The minimum absolute atomic E-state index is 0.202. The number of thiocarbonyl (C=S) groups is 1. The standard InChI is InChI=1S/C13H17N3O4S/c1-8(17)19-11-4-3-10(5-6-15-13(21)16-14)7-12(11)20-9(2)18/h3-4,7H,5-6,14H2,1-2H3,(H2,15,16,21). The van der Waals surface area contributed by atoms with Crippen LogP contribution in [0.2, 0.25) is 0 Å². The molecule has 0 saturated carbocycles. The summed E-state index contributed by atoms with van der Waals surface area (Å²) in [6.45, 7) is 3.10. The molecular weight excluding hydrogens is 294 g/mol. The van der Waals surface area contributed by atoms with Gasteiger partial charge in [0, 0.05) is 20.4 Å². The Balaban J connectivity index is 2.80. The molecule has 0 radical (unpaired) electrons. The molecule has 0 amide bonds. The molecule has 0 aliphatic rings. The Labute approximate surface area is 127 Å². The smallest absolute Gasteiger partial charge is 0.308 e. The van der Waals surface area contributed by atoms with Gasteiger partial charge in [0.05, 0.1) is 0 Å². The first-order valence-electron chi connectivity index (χ1n) is 6.16. The van der Waals surface area contributed by atoms with Crippen molar-refractivity contribution in [3.05, 3.63) is 23.8 Å². The largest absolute Gasteiger partial charge is 0.423 e. The van der Waals surface area contributed by atoms with Crippen LogP contribution in [0.1, 0.15) is 19.4 Å². The zero-order chi connectivity index (χ0) is 15.8. The van der Waals surface area contributed by atoms with Crippen LogP contribution >= 0.6 is 12.2 Å². The Bertz CT molecular complexity index is 548. The summed E-state index contributed by atoms with van der Waals surface area (Å²) in [6.07, 6.45) is 0.621. The van der Waals surface area contributed by atoms with Crippen LogP contribution in [-0.2, 0) is 16.0 Å². The van der Waals surface area contributed by atoms with Crippen molar-refractivity contribution in [2.75, 3.05) is 6.54 Å². The van der Waals surface area contributed by atoms with Crippen molar-refractivity contribution in [2.45, 2.75) is 20.3 Å². The Morgan fingerprint density at radius 1 is 1.19 bits per heavy atom. The minimum atomic E-state index is -0.493. The maximum atomic E-state index is 11.1. The van der Waals surface area contributed by atoms with Gasteiger partial charge in [-0.3, -0.25) is 9.59 Å². The van der Waals surface area contributed by atoms with Gasteiger partial charge in [-0.1, -0.05) is 6.07 Å². The maximum absolute atomic E-state index is 11.1. The lowest BCUT2D eigenvalue weighted by atomic mass is 10.1. The van der Waals surface area contributed by atoms with Gasteiger partial charge in [0.15, 0.2) is 16.6 Å². The molecule has 0 unspecified atom stereocenters. The average molecular weight is 311 g/mol. The van der Waals surface area contributed by atoms with E-state index in [4.69, 9.17) is 27.5 Å². The van der Waals surface area contributed by atoms with Crippen LogP contribution in [0.15, 0.2) is 18.2 Å². The van der Waals surface area contributed by atoms with Crippen LogP contribution in [0.3, 0.4) is 0 Å². The van der Waals surface area contributed by atoms with E-state index in [1.165, 1.54) is 13.8 Å². The van der Waals surface area contributed by atoms with Gasteiger partial charge in [0.25, 0.3) is 0 Å². The minimum Gasteiger partial charge on any atom is -0.423 e. The topological polar surface area (TPSA) is 103 Å². The fraction of sp³-hybridized carbons (Fsp3) is 0.308. The van der Waals surface area contributed by atoms with E-state index in [0.29, 0.717) is 18.1 Å². The van der Waals surface area contributed by atoms with Crippen molar-refractivity contribution in [3.8, 4) is 11.5 Å². The van der Waals surface area contributed by atoms with E-state index in [-0.39, 0.29) is 11.5 Å². The van der Waals surface area contributed by atoms with Gasteiger partial charge in [-0.25, -0.2) is 5.84 Å². The summed E-state index contributed by atoms with van der Waals surface area (Å²) in [5.74, 6) is 4.56. The van der Waals surface area contributed by atoms with Crippen molar-refractivity contribution in [1.82, 2.24) is 10.7 Å². The SMILES string of the molecule is CC(=O)Oc1ccc(CCNC(=S)NN)cc1OC(C)=O. The summed E-state index contributed by atoms with van der Waals surface area (Å²) >= 11 is 4.85. The highest BCUT2D eigenvalue weighted by Gasteiger charge is 2.11. The molecule has 0 aromatic heterocycles. The van der Waals surface area contributed by atoms with Crippen LogP contribution in [0.4, 0.5) is 0 Å². The zero-order valence-corrected chi connectivity index (χ0v) is 12.6. The highest BCUT2D eigenvalue weighted by Crippen LogP contribution is 2.29. The van der Waals surface area contributed by atoms with E-state index in [2.05, 4.69) is 10.7 Å². The zero-order valence-electron chi connectivity index (χ0n) is 11.8. The first-order chi connectivity index (χ1) is 9.92. The van der Waals surface area contributed by atoms with Crippen LogP contribution in [0.5, 0.6) is 11.5 Å². The van der Waals surface area contributed by atoms with E-state index >= 15 is 0 Å². The molecule has 0 bridgehead atoms. The van der Waals surface area contributed by atoms with Crippen LogP contribution in [0.25, 0.3) is 0 Å². The van der Waals surface area contributed by atoms with Gasteiger partial charge < -0.3 is 20.2 Å². The summed E-state index contributed by atoms with van der Waals surface area (Å²) in [7, 11) is 0. The van der Waals surface area contributed by atoms with Gasteiger partial charge in [-0.15, -0.1) is 0 Å². The Morgan fingerprint density at radius 2 is 1.81 bits per heavy atom. The third-order valence-corrected chi connectivity index (χ3v) is 2.61. The van der Waals surface area contributed by atoms with Crippen molar-refractivity contribution in [1.29, 1.82) is 0 Å². The third-order valence-electron chi connectivity index (χ3n) is 2.35. The first kappa shape index (κ1) is 16.9. The number of nitrogens with one attached hydrogen (secondary N) is 2. The molecule has 7 nitrogen and oxygen atoms in total. The summed E-state index contributed by atoms with van der Waals surface area (Å²) in [5.41, 5.74) is 3.20. The lowest BCUT2D eigenvalue weighted by Gasteiger charge is -2.11. The molecule has 0 aliphatic heterocycles. The number of hydrogen-bond acceptors (Lipinski definition) is 6. The van der Waals surface area contributed by atoms with E-state index in [0.717, 1.165) is 5.56 Å². The summed E-state index contributed by atoms with van der Waals surface area (Å²) in [4.78, 5) is 22.1. The predicted molar refractivity (Wildman–Crippen MR) is 80.7 cm³/mol. The van der Waals surface area contributed by atoms with E-state index in [9.17, 15) is 9.59 Å². The number of rotatable bonds is 5. The molecule has 1 aromatic carbocycles. The monoisotopic (exact) mass is 311 g/mol. The summed E-state index contributed by atoms with van der Waals surface area (Å²) in [6, 6.07) is 4.99. The quantitative estimate of drug-likeness (QED) is 0.236. The molecule has 0 aliphatic carbocycles. The van der Waals surface area contributed by atoms with Crippen molar-refractivity contribution in [2.24, 2.45) is 5.84 Å². The molecule has 8 heteroatoms. The van der Waals surface area contributed by atoms with E-state index in [1.807, 2.05) is 0 Å². The number of esters is 2. The first-order valence-corrected chi connectivity index (χ1v) is 6.57. The number of hydrazine groups is 1. The number of nitrogens with two attached hydrogens (primary N) is 1. The fourth-order valence-corrected chi connectivity index (χ4v) is 1.66.